The molecule has 4 aliphatic carbocycles. The predicted molar refractivity (Wildman–Crippen MR) is 83.7 cm³/mol. The molecule has 0 spiro atoms. The number of rotatable bonds is 3. The van der Waals surface area contributed by atoms with E-state index in [-0.39, 0.29) is 0 Å². The fraction of sp³-hybridized carbons (Fsp3) is 0.625. The second-order valence-corrected chi connectivity index (χ2v) is 19.3. The largest absolute Gasteiger partial charge is 0.0691 e. The second-order valence-electron chi connectivity index (χ2n) is 8.72. The Morgan fingerprint density at radius 3 is 1.56 bits per heavy atom. The number of hydrogen-bond acceptors (Lipinski definition) is 0. The molecular weight excluding hydrogens is 248 g/mol. The van der Waals surface area contributed by atoms with Crippen LogP contribution in [0, 0.1) is 5.92 Å². The summed E-state index contributed by atoms with van der Waals surface area (Å²) in [6.07, 6.45) is 0. The summed E-state index contributed by atoms with van der Waals surface area (Å²) < 4.78 is 0. The maximum absolute atomic E-state index is 2.61. The minimum atomic E-state index is -1.04. The van der Waals surface area contributed by atoms with Gasteiger partial charge in [-0.1, -0.05) is 69.6 Å². The van der Waals surface area contributed by atoms with Gasteiger partial charge in [0.1, 0.15) is 0 Å². The third-order valence-corrected chi connectivity index (χ3v) is 13.6. The van der Waals surface area contributed by atoms with Crippen molar-refractivity contribution in [2.24, 2.45) is 5.92 Å². The summed E-state index contributed by atoms with van der Waals surface area (Å²) in [5, 5.41) is 1.64. The van der Waals surface area contributed by atoms with Crippen LogP contribution in [-0.2, 0) is 5.41 Å². The van der Waals surface area contributed by atoms with Crippen LogP contribution in [0.1, 0.15) is 5.56 Å². The van der Waals surface area contributed by atoms with Gasteiger partial charge in [-0.2, -0.15) is 0 Å². The van der Waals surface area contributed by atoms with Gasteiger partial charge >= 0.3 is 0 Å². The van der Waals surface area contributed by atoms with Gasteiger partial charge in [0.15, 0.2) is 0 Å². The van der Waals surface area contributed by atoms with Gasteiger partial charge < -0.3 is 0 Å². The molecule has 0 radical (unpaired) electrons. The van der Waals surface area contributed by atoms with Crippen LogP contribution in [0.15, 0.2) is 30.3 Å². The third-order valence-electron chi connectivity index (χ3n) is 6.45. The monoisotopic (exact) mass is 272 g/mol. The van der Waals surface area contributed by atoms with Crippen LogP contribution in [0.25, 0.3) is 0 Å². The Bertz CT molecular complexity index is 521. The lowest BCUT2D eigenvalue weighted by molar-refractivity contribution is 1.08. The fourth-order valence-corrected chi connectivity index (χ4v) is 17.5. The molecule has 4 saturated carbocycles. The van der Waals surface area contributed by atoms with Crippen LogP contribution in [0.2, 0.25) is 49.4 Å². The lowest BCUT2D eigenvalue weighted by Crippen LogP contribution is -2.26. The van der Waals surface area contributed by atoms with Gasteiger partial charge in [-0.15, -0.1) is 0 Å². The van der Waals surface area contributed by atoms with Gasteiger partial charge in [0.2, 0.25) is 0 Å². The van der Waals surface area contributed by atoms with E-state index in [0.29, 0.717) is 5.41 Å². The normalized spacial score (nSPS) is 47.6. The quantitative estimate of drug-likeness (QED) is 0.697. The summed E-state index contributed by atoms with van der Waals surface area (Å²) in [6, 6.07) is 11.5. The summed E-state index contributed by atoms with van der Waals surface area (Å²) >= 11 is 0. The molecule has 1 aromatic carbocycles. The predicted octanol–water partition coefficient (Wildman–Crippen LogP) is 4.74. The molecule has 96 valence electrons. The highest BCUT2D eigenvalue weighted by Crippen LogP contribution is 3.37. The zero-order valence-electron chi connectivity index (χ0n) is 12.5. The molecule has 0 saturated heterocycles. The summed E-state index contributed by atoms with van der Waals surface area (Å²) in [6.45, 7) is 15.7. The Morgan fingerprint density at radius 2 is 1.22 bits per heavy atom. The first-order chi connectivity index (χ1) is 8.22. The second kappa shape index (κ2) is 2.47. The Kier molecular flexibility index (Phi) is 1.57. The van der Waals surface area contributed by atoms with Crippen LogP contribution in [-0.4, -0.2) is 16.1 Å². The molecular formula is C16H24Si2. The Balaban J connectivity index is 1.85. The standard InChI is InChI=1S/C16H24Si2/c1-17(2,3)15-13-14(15,12-10-8-7-9-11-12)16(13,15)18(4,5)6/h7-11,13H,1-6H3. The average Bonchev–Trinajstić information content (AvgIpc) is 3.08. The fourth-order valence-electron chi connectivity index (χ4n) is 6.38. The molecule has 0 bridgehead atoms. The molecule has 0 nitrogen and oxygen atoms in total. The topological polar surface area (TPSA) is 0 Å². The van der Waals surface area contributed by atoms with Gasteiger partial charge in [0.25, 0.3) is 0 Å². The highest BCUT2D eigenvalue weighted by Gasteiger charge is 3.30. The molecule has 2 unspecified atom stereocenters. The highest BCUT2D eigenvalue weighted by molar-refractivity contribution is 6.96. The van der Waals surface area contributed by atoms with Crippen molar-refractivity contribution in [3.63, 3.8) is 0 Å². The summed E-state index contributed by atoms with van der Waals surface area (Å²) in [5.41, 5.74) is 2.36. The van der Waals surface area contributed by atoms with E-state index >= 15 is 0 Å². The Morgan fingerprint density at radius 1 is 0.778 bits per heavy atom. The molecule has 0 aliphatic heterocycles. The van der Waals surface area contributed by atoms with E-state index in [4.69, 9.17) is 0 Å². The molecule has 0 N–H and O–H groups in total. The van der Waals surface area contributed by atoms with E-state index in [1.807, 2.05) is 0 Å². The molecule has 1 aromatic rings. The molecule has 2 atom stereocenters. The molecule has 18 heavy (non-hydrogen) atoms. The van der Waals surface area contributed by atoms with E-state index in [1.165, 1.54) is 0 Å². The van der Waals surface area contributed by atoms with Crippen molar-refractivity contribution in [2.45, 2.75) is 54.8 Å². The van der Waals surface area contributed by atoms with Crippen molar-refractivity contribution in [3.05, 3.63) is 35.9 Å². The maximum Gasteiger partial charge on any atom is 0.0525 e. The molecule has 2 heteroatoms. The van der Waals surface area contributed by atoms with E-state index in [1.54, 1.807) is 5.56 Å². The first-order valence-electron chi connectivity index (χ1n) is 7.28. The zero-order valence-corrected chi connectivity index (χ0v) is 14.5. The SMILES string of the molecule is C[Si](C)(C)C12C3C1(c1ccccc1)C32[Si](C)(C)C. The van der Waals surface area contributed by atoms with Crippen molar-refractivity contribution >= 4 is 16.1 Å². The van der Waals surface area contributed by atoms with E-state index < -0.39 is 16.1 Å². The molecule has 0 amide bonds. The van der Waals surface area contributed by atoms with E-state index in [9.17, 15) is 0 Å². The lowest BCUT2D eigenvalue weighted by Gasteiger charge is -2.20. The Hall–Kier alpha value is -0.346. The minimum Gasteiger partial charge on any atom is -0.0691 e. The number of benzene rings is 1. The lowest BCUT2D eigenvalue weighted by atomic mass is 10.1. The smallest absolute Gasteiger partial charge is 0.0525 e. The van der Waals surface area contributed by atoms with Crippen molar-refractivity contribution in [3.8, 4) is 0 Å². The summed E-state index contributed by atoms with van der Waals surface area (Å²) in [4.78, 5) is 0. The van der Waals surface area contributed by atoms with E-state index in [0.717, 1.165) is 16.0 Å². The average molecular weight is 273 g/mol. The highest BCUT2D eigenvalue weighted by atomic mass is 28.3. The van der Waals surface area contributed by atoms with Crippen LogP contribution in [0.3, 0.4) is 0 Å². The number of hydrogen-bond donors (Lipinski definition) is 0. The van der Waals surface area contributed by atoms with Crippen molar-refractivity contribution < 1.29 is 0 Å². The molecule has 5 rings (SSSR count). The molecule has 4 fully saturated rings. The van der Waals surface area contributed by atoms with Gasteiger partial charge in [-0.25, -0.2) is 0 Å². The first-order valence-corrected chi connectivity index (χ1v) is 14.3. The van der Waals surface area contributed by atoms with E-state index in [2.05, 4.69) is 69.6 Å². The first kappa shape index (κ1) is 11.5. The molecule has 4 aliphatic rings. The van der Waals surface area contributed by atoms with Crippen LogP contribution >= 0.6 is 0 Å². The Labute approximate surface area is 113 Å². The van der Waals surface area contributed by atoms with Gasteiger partial charge in [-0.05, 0) is 21.6 Å². The van der Waals surface area contributed by atoms with Crippen molar-refractivity contribution in [2.75, 3.05) is 0 Å². The van der Waals surface area contributed by atoms with Crippen molar-refractivity contribution in [1.82, 2.24) is 0 Å². The maximum atomic E-state index is 2.61. The minimum absolute atomic E-state index is 0.677. The molecule has 0 aromatic heterocycles. The van der Waals surface area contributed by atoms with Crippen LogP contribution in [0.4, 0.5) is 0 Å². The van der Waals surface area contributed by atoms with Gasteiger partial charge in [0, 0.05) is 5.41 Å². The van der Waals surface area contributed by atoms with Crippen molar-refractivity contribution in [1.29, 1.82) is 0 Å². The van der Waals surface area contributed by atoms with Crippen LogP contribution in [0.5, 0.6) is 0 Å². The summed E-state index contributed by atoms with van der Waals surface area (Å²) in [5.74, 6) is 1.10. The van der Waals surface area contributed by atoms with Gasteiger partial charge in [-0.3, -0.25) is 0 Å². The van der Waals surface area contributed by atoms with Crippen LogP contribution < -0.4 is 0 Å². The molecule has 0 heterocycles. The summed E-state index contributed by atoms with van der Waals surface area (Å²) in [7, 11) is -2.08. The zero-order chi connectivity index (χ0) is 13.2. The van der Waals surface area contributed by atoms with Gasteiger partial charge in [0.05, 0.1) is 16.1 Å². The third kappa shape index (κ3) is 0.713.